The second kappa shape index (κ2) is 8.51. The number of esters is 1. The van der Waals surface area contributed by atoms with Crippen molar-refractivity contribution in [3.05, 3.63) is 0 Å². The number of nitrogens with zero attached hydrogens (tertiary/aromatic N) is 1. The van der Waals surface area contributed by atoms with Crippen molar-refractivity contribution in [3.8, 4) is 0 Å². The molecule has 5 nitrogen and oxygen atoms in total. The van der Waals surface area contributed by atoms with Crippen molar-refractivity contribution in [2.75, 3.05) is 33.3 Å². The first kappa shape index (κ1) is 16.4. The summed E-state index contributed by atoms with van der Waals surface area (Å²) in [6, 6.07) is -0.196. The molecular formula is C14H28N2O3. The molecule has 5 heteroatoms. The number of nitrogens with one attached hydrogen (secondary N) is 1. The molecule has 1 fully saturated rings. The highest BCUT2D eigenvalue weighted by Crippen LogP contribution is 2.11. The van der Waals surface area contributed by atoms with Crippen LogP contribution in [0, 0.1) is 0 Å². The van der Waals surface area contributed by atoms with Gasteiger partial charge < -0.3 is 14.8 Å². The van der Waals surface area contributed by atoms with Crippen LogP contribution in [0.1, 0.15) is 33.6 Å². The third-order valence-corrected chi connectivity index (χ3v) is 3.36. The molecule has 0 amide bonds. The maximum Gasteiger partial charge on any atom is 0.322 e. The molecule has 0 aromatic carbocycles. The van der Waals surface area contributed by atoms with Crippen molar-refractivity contribution in [2.24, 2.45) is 0 Å². The van der Waals surface area contributed by atoms with E-state index in [1.807, 2.05) is 0 Å². The largest absolute Gasteiger partial charge is 0.468 e. The van der Waals surface area contributed by atoms with Crippen molar-refractivity contribution in [3.63, 3.8) is 0 Å². The molecule has 0 spiro atoms. The number of carbonyl (C=O) groups excluding carboxylic acids is 1. The van der Waals surface area contributed by atoms with Crippen molar-refractivity contribution in [1.29, 1.82) is 0 Å². The van der Waals surface area contributed by atoms with Crippen molar-refractivity contribution < 1.29 is 14.3 Å². The average Bonchev–Trinajstić information content (AvgIpc) is 2.37. The van der Waals surface area contributed by atoms with Gasteiger partial charge in [0.05, 0.1) is 19.3 Å². The van der Waals surface area contributed by atoms with Gasteiger partial charge in [-0.3, -0.25) is 9.69 Å². The molecule has 1 aliphatic heterocycles. The number of hydrogen-bond donors (Lipinski definition) is 1. The molecule has 1 N–H and O–H groups in total. The molecule has 1 unspecified atom stereocenters. The predicted molar refractivity (Wildman–Crippen MR) is 75.2 cm³/mol. The van der Waals surface area contributed by atoms with E-state index in [-0.39, 0.29) is 24.2 Å². The van der Waals surface area contributed by atoms with E-state index in [0.29, 0.717) is 0 Å². The van der Waals surface area contributed by atoms with Gasteiger partial charge in [-0.05, 0) is 33.2 Å². The van der Waals surface area contributed by atoms with Gasteiger partial charge in [0.15, 0.2) is 0 Å². The summed E-state index contributed by atoms with van der Waals surface area (Å²) in [5, 5.41) is 3.25. The fourth-order valence-corrected chi connectivity index (χ4v) is 2.54. The van der Waals surface area contributed by atoms with Crippen LogP contribution in [-0.4, -0.2) is 62.4 Å². The Hall–Kier alpha value is -0.650. The number of carbonyl (C=O) groups is 1. The molecule has 0 radical (unpaired) electrons. The summed E-state index contributed by atoms with van der Waals surface area (Å²) in [6.07, 6.45) is 2.33. The van der Waals surface area contributed by atoms with Crippen LogP contribution in [0.15, 0.2) is 0 Å². The van der Waals surface area contributed by atoms with Gasteiger partial charge in [-0.2, -0.15) is 0 Å². The summed E-state index contributed by atoms with van der Waals surface area (Å²) in [5.74, 6) is -0.164. The lowest BCUT2D eigenvalue weighted by atomic mass is 10.1. The highest BCUT2D eigenvalue weighted by molar-refractivity contribution is 5.75. The minimum absolute atomic E-state index is 0.164. The molecule has 112 valence electrons. The van der Waals surface area contributed by atoms with Gasteiger partial charge in [0, 0.05) is 19.6 Å². The topological polar surface area (TPSA) is 50.8 Å². The van der Waals surface area contributed by atoms with Gasteiger partial charge in [-0.25, -0.2) is 0 Å². The van der Waals surface area contributed by atoms with Crippen LogP contribution in [0.3, 0.4) is 0 Å². The molecule has 0 bridgehead atoms. The van der Waals surface area contributed by atoms with Gasteiger partial charge in [0.2, 0.25) is 0 Å². The average molecular weight is 272 g/mol. The summed E-state index contributed by atoms with van der Waals surface area (Å²) in [6.45, 7) is 9.89. The van der Waals surface area contributed by atoms with Gasteiger partial charge in [0.25, 0.3) is 0 Å². The number of methoxy groups -OCH3 is 1. The fourth-order valence-electron chi connectivity index (χ4n) is 2.54. The maximum atomic E-state index is 11.7. The fraction of sp³-hybridized carbons (Fsp3) is 0.929. The maximum absolute atomic E-state index is 11.7. The van der Waals surface area contributed by atoms with Gasteiger partial charge in [0.1, 0.15) is 6.04 Å². The monoisotopic (exact) mass is 272 g/mol. The van der Waals surface area contributed by atoms with E-state index in [2.05, 4.69) is 31.0 Å². The van der Waals surface area contributed by atoms with Crippen LogP contribution in [-0.2, 0) is 14.3 Å². The van der Waals surface area contributed by atoms with E-state index < -0.39 is 0 Å². The van der Waals surface area contributed by atoms with Crippen molar-refractivity contribution in [1.82, 2.24) is 10.2 Å². The Morgan fingerprint density at radius 3 is 2.58 bits per heavy atom. The Balaban J connectivity index is 2.39. The Morgan fingerprint density at radius 2 is 2.05 bits per heavy atom. The molecule has 0 saturated carbocycles. The third kappa shape index (κ3) is 5.89. The number of rotatable bonds is 7. The summed E-state index contributed by atoms with van der Waals surface area (Å²) in [7, 11) is 1.45. The van der Waals surface area contributed by atoms with Crippen LogP contribution in [0.5, 0.6) is 0 Å². The molecule has 1 saturated heterocycles. The number of morpholine rings is 1. The van der Waals surface area contributed by atoms with Crippen molar-refractivity contribution >= 4 is 5.97 Å². The molecule has 1 heterocycles. The van der Waals surface area contributed by atoms with Crippen LogP contribution in [0.25, 0.3) is 0 Å². The van der Waals surface area contributed by atoms with E-state index in [1.165, 1.54) is 7.11 Å². The first-order valence-corrected chi connectivity index (χ1v) is 7.25. The predicted octanol–water partition coefficient (Wildman–Crippen LogP) is 1.03. The lowest BCUT2D eigenvalue weighted by Gasteiger charge is -2.35. The SMILES string of the molecule is CCCNC(CCN1C[C@@H](C)O[C@@H](C)C1)C(=O)OC. The van der Waals surface area contributed by atoms with E-state index in [9.17, 15) is 4.79 Å². The quantitative estimate of drug-likeness (QED) is 0.702. The zero-order valence-electron chi connectivity index (χ0n) is 12.6. The van der Waals surface area contributed by atoms with Crippen LogP contribution in [0.2, 0.25) is 0 Å². The number of ether oxygens (including phenoxy) is 2. The molecule has 1 rings (SSSR count). The lowest BCUT2D eigenvalue weighted by Crippen LogP contribution is -2.48. The second-order valence-electron chi connectivity index (χ2n) is 5.34. The van der Waals surface area contributed by atoms with Crippen LogP contribution in [0.4, 0.5) is 0 Å². The molecule has 0 aromatic rings. The molecule has 3 atom stereocenters. The molecule has 19 heavy (non-hydrogen) atoms. The Morgan fingerprint density at radius 1 is 1.42 bits per heavy atom. The highest BCUT2D eigenvalue weighted by atomic mass is 16.5. The van der Waals surface area contributed by atoms with Gasteiger partial charge >= 0.3 is 5.97 Å². The highest BCUT2D eigenvalue weighted by Gasteiger charge is 2.24. The smallest absolute Gasteiger partial charge is 0.322 e. The lowest BCUT2D eigenvalue weighted by molar-refractivity contribution is -0.143. The van der Waals surface area contributed by atoms with Gasteiger partial charge in [-0.1, -0.05) is 6.92 Å². The zero-order valence-corrected chi connectivity index (χ0v) is 12.6. The Labute approximate surface area is 116 Å². The third-order valence-electron chi connectivity index (χ3n) is 3.36. The standard InChI is InChI=1S/C14H28N2O3/c1-5-7-15-13(14(17)18-4)6-8-16-9-11(2)19-12(3)10-16/h11-13,15H,5-10H2,1-4H3/t11-,12+,13?. The van der Waals surface area contributed by atoms with Crippen LogP contribution >= 0.6 is 0 Å². The van der Waals surface area contributed by atoms with E-state index in [0.717, 1.165) is 39.0 Å². The van der Waals surface area contributed by atoms with Crippen LogP contribution < -0.4 is 5.32 Å². The minimum Gasteiger partial charge on any atom is -0.468 e. The number of hydrogen-bond acceptors (Lipinski definition) is 5. The zero-order chi connectivity index (χ0) is 14.3. The minimum atomic E-state index is -0.196. The summed E-state index contributed by atoms with van der Waals surface area (Å²) >= 11 is 0. The first-order valence-electron chi connectivity index (χ1n) is 7.25. The summed E-state index contributed by atoms with van der Waals surface area (Å²) < 4.78 is 10.6. The Kier molecular flexibility index (Phi) is 7.34. The summed E-state index contributed by atoms with van der Waals surface area (Å²) in [4.78, 5) is 14.1. The first-order chi connectivity index (χ1) is 9.06. The van der Waals surface area contributed by atoms with E-state index in [1.54, 1.807) is 0 Å². The molecule has 0 aromatic heterocycles. The van der Waals surface area contributed by atoms with E-state index in [4.69, 9.17) is 9.47 Å². The second-order valence-corrected chi connectivity index (χ2v) is 5.34. The van der Waals surface area contributed by atoms with Gasteiger partial charge in [-0.15, -0.1) is 0 Å². The summed E-state index contributed by atoms with van der Waals surface area (Å²) in [5.41, 5.74) is 0. The van der Waals surface area contributed by atoms with Crippen molar-refractivity contribution in [2.45, 2.75) is 51.9 Å². The normalized spacial score (nSPS) is 26.1. The van der Waals surface area contributed by atoms with E-state index >= 15 is 0 Å². The molecular weight excluding hydrogens is 244 g/mol. The Bertz CT molecular complexity index is 263. The molecule has 0 aliphatic carbocycles. The molecule has 1 aliphatic rings.